The summed E-state index contributed by atoms with van der Waals surface area (Å²) in [5.41, 5.74) is 0.117. The fraction of sp³-hybridized carbons (Fsp3) is 0.600. The molecule has 0 aliphatic carbocycles. The van der Waals surface area contributed by atoms with Crippen molar-refractivity contribution < 1.29 is 19.4 Å². The maximum Gasteiger partial charge on any atom is 0.339 e. The van der Waals surface area contributed by atoms with Crippen LogP contribution in [0.3, 0.4) is 0 Å². The molecule has 0 heterocycles. The molecule has 4 heteroatoms. The molecule has 1 unspecified atom stereocenters. The average molecular weight is 334 g/mol. The molecule has 1 N–H and O–H groups in total. The van der Waals surface area contributed by atoms with E-state index < -0.39 is 11.9 Å². The van der Waals surface area contributed by atoms with Gasteiger partial charge in [0, 0.05) is 0 Å². The van der Waals surface area contributed by atoms with Crippen molar-refractivity contribution >= 4 is 11.9 Å². The molecule has 0 aliphatic rings. The fourth-order valence-corrected chi connectivity index (χ4v) is 2.74. The highest BCUT2D eigenvalue weighted by atomic mass is 16.5. The van der Waals surface area contributed by atoms with Gasteiger partial charge in [-0.3, -0.25) is 0 Å². The number of hydrogen-bond donors (Lipinski definition) is 1. The number of ether oxygens (including phenoxy) is 1. The van der Waals surface area contributed by atoms with Gasteiger partial charge in [-0.25, -0.2) is 9.59 Å². The zero-order valence-electron chi connectivity index (χ0n) is 15.2. The third-order valence-corrected chi connectivity index (χ3v) is 3.94. The molecule has 0 spiro atoms. The maximum absolute atomic E-state index is 12.4. The number of rotatable bonds is 10. The van der Waals surface area contributed by atoms with Crippen molar-refractivity contribution in [3.8, 4) is 0 Å². The first kappa shape index (κ1) is 20.2. The second kappa shape index (κ2) is 10.1. The zero-order chi connectivity index (χ0) is 18.1. The Hall–Kier alpha value is -1.84. The van der Waals surface area contributed by atoms with Gasteiger partial charge in [0.25, 0.3) is 0 Å². The third kappa shape index (κ3) is 7.16. The average Bonchev–Trinajstić information content (AvgIpc) is 2.50. The largest absolute Gasteiger partial charge is 0.478 e. The second-order valence-electron chi connectivity index (χ2n) is 7.19. The van der Waals surface area contributed by atoms with Gasteiger partial charge in [-0.05, 0) is 43.2 Å². The summed E-state index contributed by atoms with van der Waals surface area (Å²) in [6, 6.07) is 6.21. The van der Waals surface area contributed by atoms with Gasteiger partial charge in [0.1, 0.15) is 6.10 Å². The van der Waals surface area contributed by atoms with Crippen LogP contribution < -0.4 is 0 Å². The summed E-state index contributed by atoms with van der Waals surface area (Å²) in [6.07, 6.45) is 4.77. The predicted octanol–water partition coefficient (Wildman–Crippen LogP) is 5.17. The van der Waals surface area contributed by atoms with Gasteiger partial charge in [-0.15, -0.1) is 0 Å². The van der Waals surface area contributed by atoms with Crippen LogP contribution in [0.1, 0.15) is 80.5 Å². The molecule has 0 aliphatic heterocycles. The van der Waals surface area contributed by atoms with E-state index >= 15 is 0 Å². The summed E-state index contributed by atoms with van der Waals surface area (Å²) < 4.78 is 5.64. The Morgan fingerprint density at radius 3 is 2.08 bits per heavy atom. The number of aromatic carboxylic acids is 1. The molecule has 1 aromatic rings. The van der Waals surface area contributed by atoms with Crippen LogP contribution in [0.5, 0.6) is 0 Å². The zero-order valence-corrected chi connectivity index (χ0v) is 15.2. The number of benzene rings is 1. The van der Waals surface area contributed by atoms with E-state index in [1.807, 2.05) is 0 Å². The first-order valence-corrected chi connectivity index (χ1v) is 8.84. The highest BCUT2D eigenvalue weighted by molar-refractivity contribution is 6.02. The lowest BCUT2D eigenvalue weighted by Gasteiger charge is -2.20. The summed E-state index contributed by atoms with van der Waals surface area (Å²) in [4.78, 5) is 23.7. The predicted molar refractivity (Wildman–Crippen MR) is 95.4 cm³/mol. The molecule has 0 bridgehead atoms. The second-order valence-corrected chi connectivity index (χ2v) is 7.19. The van der Waals surface area contributed by atoms with E-state index in [4.69, 9.17) is 4.74 Å². The Bertz CT molecular complexity index is 534. The molecule has 0 fully saturated rings. The summed E-state index contributed by atoms with van der Waals surface area (Å²) in [5.74, 6) is -0.552. The van der Waals surface area contributed by atoms with E-state index in [9.17, 15) is 14.7 Å². The van der Waals surface area contributed by atoms with Gasteiger partial charge >= 0.3 is 11.9 Å². The van der Waals surface area contributed by atoms with Gasteiger partial charge in [0.15, 0.2) is 0 Å². The Morgan fingerprint density at radius 2 is 1.54 bits per heavy atom. The molecule has 1 atom stereocenters. The van der Waals surface area contributed by atoms with Gasteiger partial charge in [0.05, 0.1) is 11.1 Å². The SMILES string of the molecule is CC(C)CCCCC(CC(C)C)OC(=O)c1ccccc1C(=O)O. The quantitative estimate of drug-likeness (QED) is 0.473. The highest BCUT2D eigenvalue weighted by Crippen LogP contribution is 2.19. The van der Waals surface area contributed by atoms with Crippen molar-refractivity contribution in [1.82, 2.24) is 0 Å². The van der Waals surface area contributed by atoms with Crippen molar-refractivity contribution in [2.75, 3.05) is 0 Å². The number of unbranched alkanes of at least 4 members (excludes halogenated alkanes) is 1. The van der Waals surface area contributed by atoms with E-state index in [0.29, 0.717) is 11.8 Å². The number of carbonyl (C=O) groups is 2. The van der Waals surface area contributed by atoms with Crippen molar-refractivity contribution in [2.24, 2.45) is 11.8 Å². The molecule has 1 aromatic carbocycles. The molecule has 1 rings (SSSR count). The minimum atomic E-state index is -1.11. The van der Waals surface area contributed by atoms with Gasteiger partial charge < -0.3 is 9.84 Å². The highest BCUT2D eigenvalue weighted by Gasteiger charge is 2.21. The van der Waals surface area contributed by atoms with E-state index in [2.05, 4.69) is 27.7 Å². The standard InChI is InChI=1S/C20H30O4/c1-14(2)9-5-6-10-16(13-15(3)4)24-20(23)18-12-8-7-11-17(18)19(21)22/h7-8,11-12,14-16H,5-6,9-10,13H2,1-4H3,(H,21,22). The van der Waals surface area contributed by atoms with Crippen LogP contribution in [0, 0.1) is 11.8 Å². The molecular formula is C20H30O4. The molecule has 0 aromatic heterocycles. The topological polar surface area (TPSA) is 63.6 Å². The van der Waals surface area contributed by atoms with Crippen LogP contribution in [0.15, 0.2) is 24.3 Å². The molecule has 0 saturated carbocycles. The van der Waals surface area contributed by atoms with Crippen LogP contribution in [0.2, 0.25) is 0 Å². The lowest BCUT2D eigenvalue weighted by Crippen LogP contribution is -2.22. The summed E-state index contributed by atoms with van der Waals surface area (Å²) in [7, 11) is 0. The van der Waals surface area contributed by atoms with E-state index in [1.165, 1.54) is 18.6 Å². The van der Waals surface area contributed by atoms with Crippen LogP contribution in [-0.2, 0) is 4.74 Å². The Kier molecular flexibility index (Phi) is 8.51. The number of carbonyl (C=O) groups excluding carboxylic acids is 1. The van der Waals surface area contributed by atoms with Crippen molar-refractivity contribution in [3.05, 3.63) is 35.4 Å². The Balaban J connectivity index is 2.71. The fourth-order valence-electron chi connectivity index (χ4n) is 2.74. The minimum absolute atomic E-state index is 0.00870. The van der Waals surface area contributed by atoms with Crippen molar-refractivity contribution in [1.29, 1.82) is 0 Å². The van der Waals surface area contributed by atoms with E-state index in [0.717, 1.165) is 25.7 Å². The molecule has 134 valence electrons. The van der Waals surface area contributed by atoms with Crippen LogP contribution in [-0.4, -0.2) is 23.1 Å². The van der Waals surface area contributed by atoms with Crippen LogP contribution in [0.25, 0.3) is 0 Å². The molecular weight excluding hydrogens is 304 g/mol. The first-order valence-electron chi connectivity index (χ1n) is 8.84. The number of carboxylic acids is 1. The maximum atomic E-state index is 12.4. The summed E-state index contributed by atoms with van der Waals surface area (Å²) in [6.45, 7) is 8.60. The van der Waals surface area contributed by atoms with Gasteiger partial charge in [0.2, 0.25) is 0 Å². The van der Waals surface area contributed by atoms with Gasteiger partial charge in [-0.2, -0.15) is 0 Å². The van der Waals surface area contributed by atoms with Crippen LogP contribution in [0.4, 0.5) is 0 Å². The molecule has 0 amide bonds. The molecule has 0 radical (unpaired) electrons. The Labute approximate surface area is 145 Å². The summed E-state index contributed by atoms with van der Waals surface area (Å²) in [5, 5.41) is 9.21. The van der Waals surface area contributed by atoms with Crippen molar-refractivity contribution in [3.63, 3.8) is 0 Å². The number of hydrogen-bond acceptors (Lipinski definition) is 3. The molecule has 24 heavy (non-hydrogen) atoms. The van der Waals surface area contributed by atoms with Gasteiger partial charge in [-0.1, -0.05) is 52.7 Å². The Morgan fingerprint density at radius 1 is 0.958 bits per heavy atom. The number of carboxylic acid groups (broad SMARTS) is 1. The van der Waals surface area contributed by atoms with E-state index in [-0.39, 0.29) is 17.2 Å². The first-order chi connectivity index (χ1) is 11.3. The smallest absolute Gasteiger partial charge is 0.339 e. The minimum Gasteiger partial charge on any atom is -0.478 e. The lowest BCUT2D eigenvalue weighted by molar-refractivity contribution is 0.0220. The molecule has 0 saturated heterocycles. The van der Waals surface area contributed by atoms with E-state index in [1.54, 1.807) is 12.1 Å². The lowest BCUT2D eigenvalue weighted by atomic mass is 9.98. The number of esters is 1. The monoisotopic (exact) mass is 334 g/mol. The normalized spacial score (nSPS) is 12.4. The molecule has 4 nitrogen and oxygen atoms in total. The van der Waals surface area contributed by atoms with Crippen LogP contribution >= 0.6 is 0 Å². The third-order valence-electron chi connectivity index (χ3n) is 3.94. The summed E-state index contributed by atoms with van der Waals surface area (Å²) >= 11 is 0. The van der Waals surface area contributed by atoms with Crippen molar-refractivity contribution in [2.45, 2.75) is 65.9 Å².